The first-order chi connectivity index (χ1) is 10.1. The molecule has 9 nitrogen and oxygen atoms in total. The highest BCUT2D eigenvalue weighted by atomic mass is 19.4. The highest BCUT2D eigenvalue weighted by Crippen LogP contribution is 2.42. The number of methoxy groups -OCH3 is 1. The van der Waals surface area contributed by atoms with E-state index in [1.807, 2.05) is 5.32 Å². The first-order valence-corrected chi connectivity index (χ1v) is 5.42. The summed E-state index contributed by atoms with van der Waals surface area (Å²) >= 11 is 0. The van der Waals surface area contributed by atoms with Crippen LogP contribution in [0, 0.1) is 20.2 Å². The average Bonchev–Trinajstić information content (AvgIpc) is 2.42. The van der Waals surface area contributed by atoms with E-state index in [1.54, 1.807) is 0 Å². The van der Waals surface area contributed by atoms with Gasteiger partial charge in [0.1, 0.15) is 12.2 Å². The van der Waals surface area contributed by atoms with Gasteiger partial charge in [-0.05, 0) is 0 Å². The Balaban J connectivity index is 3.51. The second-order valence-electron chi connectivity index (χ2n) is 3.83. The second-order valence-corrected chi connectivity index (χ2v) is 3.83. The number of nitrogens with one attached hydrogen (secondary N) is 1. The maximum absolute atomic E-state index is 12.9. The number of non-ortho nitro benzene ring substituents is 1. The Morgan fingerprint density at radius 1 is 1.27 bits per heavy atom. The summed E-state index contributed by atoms with van der Waals surface area (Å²) in [5.41, 5.74) is -4.95. The molecule has 0 aliphatic carbocycles. The van der Waals surface area contributed by atoms with Crippen LogP contribution in [0.2, 0.25) is 0 Å². The Morgan fingerprint density at radius 3 is 2.27 bits per heavy atom. The molecule has 0 saturated carbocycles. The first-order valence-electron chi connectivity index (χ1n) is 5.42. The van der Waals surface area contributed by atoms with E-state index in [-0.39, 0.29) is 6.07 Å². The molecule has 1 N–H and O–H groups in total. The average molecular weight is 323 g/mol. The van der Waals surface area contributed by atoms with Gasteiger partial charge in [-0.1, -0.05) is 0 Å². The molecule has 120 valence electrons. The molecule has 0 saturated heterocycles. The number of anilines is 1. The molecular formula is C10H8F3N3O6. The molecule has 0 aliphatic heterocycles. The number of alkyl halides is 3. The SMILES string of the molecule is COC(=O)CNc1c([N+](=O)[O-])cc([N+](=O)[O-])cc1C(F)(F)F. The molecule has 0 bridgehead atoms. The molecule has 0 amide bonds. The number of ether oxygens (including phenoxy) is 1. The van der Waals surface area contributed by atoms with Crippen molar-refractivity contribution in [2.75, 3.05) is 19.0 Å². The van der Waals surface area contributed by atoms with Crippen LogP contribution in [0.3, 0.4) is 0 Å². The number of esters is 1. The molecule has 0 spiro atoms. The number of halogens is 3. The fourth-order valence-electron chi connectivity index (χ4n) is 1.50. The minimum Gasteiger partial charge on any atom is -0.468 e. The molecule has 0 radical (unpaired) electrons. The predicted molar refractivity (Wildman–Crippen MR) is 65.3 cm³/mol. The van der Waals surface area contributed by atoms with Gasteiger partial charge < -0.3 is 10.1 Å². The molecule has 0 unspecified atom stereocenters. The summed E-state index contributed by atoms with van der Waals surface area (Å²) in [4.78, 5) is 30.0. The molecule has 1 aromatic rings. The fraction of sp³-hybridized carbons (Fsp3) is 0.300. The van der Waals surface area contributed by atoms with Crippen LogP contribution in [0.15, 0.2) is 12.1 Å². The summed E-state index contributed by atoms with van der Waals surface area (Å²) in [6.45, 7) is -0.780. The first kappa shape index (κ1) is 17.1. The Labute approximate surface area is 120 Å². The minimum atomic E-state index is -5.10. The van der Waals surface area contributed by atoms with E-state index < -0.39 is 51.2 Å². The number of benzene rings is 1. The molecule has 1 aromatic carbocycles. The third-order valence-electron chi connectivity index (χ3n) is 2.45. The van der Waals surface area contributed by atoms with E-state index in [0.717, 1.165) is 7.11 Å². The number of hydrogen-bond donors (Lipinski definition) is 1. The summed E-state index contributed by atoms with van der Waals surface area (Å²) in [5.74, 6) is -0.972. The fourth-order valence-corrected chi connectivity index (χ4v) is 1.50. The van der Waals surface area contributed by atoms with Crippen molar-refractivity contribution in [2.45, 2.75) is 6.18 Å². The maximum Gasteiger partial charge on any atom is 0.418 e. The Kier molecular flexibility index (Phi) is 4.86. The summed E-state index contributed by atoms with van der Waals surface area (Å²) in [7, 11) is 0.971. The standard InChI is InChI=1S/C10H8F3N3O6/c1-22-8(17)4-14-9-6(10(11,12)13)2-5(15(18)19)3-7(9)16(20)21/h2-3,14H,4H2,1H3. The topological polar surface area (TPSA) is 125 Å². The molecule has 0 aromatic heterocycles. The van der Waals surface area contributed by atoms with Crippen molar-refractivity contribution in [3.63, 3.8) is 0 Å². The highest BCUT2D eigenvalue weighted by Gasteiger charge is 2.39. The minimum absolute atomic E-state index is 0.145. The molecule has 0 aliphatic rings. The van der Waals surface area contributed by atoms with Gasteiger partial charge in [0.15, 0.2) is 0 Å². The molecule has 12 heteroatoms. The van der Waals surface area contributed by atoms with Crippen molar-refractivity contribution < 1.29 is 32.5 Å². The lowest BCUT2D eigenvalue weighted by molar-refractivity contribution is -0.394. The zero-order chi connectivity index (χ0) is 17.1. The number of carbonyl (C=O) groups excluding carboxylic acids is 1. The Hall–Kier alpha value is -2.92. The molecule has 0 fully saturated rings. The Morgan fingerprint density at radius 2 is 1.86 bits per heavy atom. The maximum atomic E-state index is 12.9. The van der Waals surface area contributed by atoms with Crippen LogP contribution in [0.1, 0.15) is 5.56 Å². The van der Waals surface area contributed by atoms with Gasteiger partial charge in [-0.3, -0.25) is 25.0 Å². The molecule has 0 atom stereocenters. The zero-order valence-electron chi connectivity index (χ0n) is 10.8. The van der Waals surface area contributed by atoms with Gasteiger partial charge >= 0.3 is 12.1 Å². The summed E-state index contributed by atoms with van der Waals surface area (Å²) in [6.07, 6.45) is -5.10. The van der Waals surface area contributed by atoms with Crippen LogP contribution in [-0.4, -0.2) is 29.5 Å². The largest absolute Gasteiger partial charge is 0.468 e. The van der Waals surface area contributed by atoms with Gasteiger partial charge in [0.2, 0.25) is 0 Å². The summed E-state index contributed by atoms with van der Waals surface area (Å²) in [5, 5.41) is 23.4. The number of nitro benzene ring substituents is 2. The van der Waals surface area contributed by atoms with Crippen LogP contribution in [0.4, 0.5) is 30.2 Å². The lowest BCUT2D eigenvalue weighted by Crippen LogP contribution is -2.19. The van der Waals surface area contributed by atoms with Crippen molar-refractivity contribution in [1.82, 2.24) is 0 Å². The van der Waals surface area contributed by atoms with E-state index in [2.05, 4.69) is 4.74 Å². The second kappa shape index (κ2) is 6.24. The number of hydrogen-bond acceptors (Lipinski definition) is 7. The quantitative estimate of drug-likeness (QED) is 0.499. The molecule has 1 rings (SSSR count). The van der Waals surface area contributed by atoms with Crippen LogP contribution < -0.4 is 5.32 Å². The van der Waals surface area contributed by atoms with Gasteiger partial charge in [-0.2, -0.15) is 13.2 Å². The van der Waals surface area contributed by atoms with Crippen molar-refractivity contribution >= 4 is 23.0 Å². The van der Waals surface area contributed by atoms with E-state index >= 15 is 0 Å². The highest BCUT2D eigenvalue weighted by molar-refractivity contribution is 5.79. The lowest BCUT2D eigenvalue weighted by atomic mass is 10.1. The van der Waals surface area contributed by atoms with Gasteiger partial charge in [0, 0.05) is 6.07 Å². The van der Waals surface area contributed by atoms with E-state index in [9.17, 15) is 38.2 Å². The van der Waals surface area contributed by atoms with Gasteiger partial charge in [-0.15, -0.1) is 0 Å². The summed E-state index contributed by atoms with van der Waals surface area (Å²) < 4.78 is 43.0. The van der Waals surface area contributed by atoms with Crippen LogP contribution >= 0.6 is 0 Å². The van der Waals surface area contributed by atoms with Gasteiger partial charge in [0.25, 0.3) is 11.4 Å². The molecule has 22 heavy (non-hydrogen) atoms. The summed E-state index contributed by atoms with van der Waals surface area (Å²) in [6, 6.07) is 0.515. The molecule has 0 heterocycles. The predicted octanol–water partition coefficient (Wildman–Crippen LogP) is 2.11. The monoisotopic (exact) mass is 323 g/mol. The normalized spacial score (nSPS) is 10.9. The number of carbonyl (C=O) groups is 1. The lowest BCUT2D eigenvalue weighted by Gasteiger charge is -2.14. The van der Waals surface area contributed by atoms with Crippen LogP contribution in [0.25, 0.3) is 0 Å². The molecular weight excluding hydrogens is 315 g/mol. The number of rotatable bonds is 5. The zero-order valence-corrected chi connectivity index (χ0v) is 10.8. The van der Waals surface area contributed by atoms with Crippen molar-refractivity contribution in [1.29, 1.82) is 0 Å². The van der Waals surface area contributed by atoms with E-state index in [4.69, 9.17) is 0 Å². The third kappa shape index (κ3) is 3.80. The van der Waals surface area contributed by atoms with Gasteiger partial charge in [-0.25, -0.2) is 0 Å². The van der Waals surface area contributed by atoms with Gasteiger partial charge in [0.05, 0.1) is 28.6 Å². The Bertz CT molecular complexity index is 631. The van der Waals surface area contributed by atoms with E-state index in [1.165, 1.54) is 0 Å². The smallest absolute Gasteiger partial charge is 0.418 e. The number of nitrogens with zero attached hydrogens (tertiary/aromatic N) is 2. The van der Waals surface area contributed by atoms with Crippen LogP contribution in [-0.2, 0) is 15.7 Å². The van der Waals surface area contributed by atoms with Crippen molar-refractivity contribution in [3.8, 4) is 0 Å². The van der Waals surface area contributed by atoms with Crippen LogP contribution in [0.5, 0.6) is 0 Å². The van der Waals surface area contributed by atoms with Crippen molar-refractivity contribution in [3.05, 3.63) is 37.9 Å². The third-order valence-corrected chi connectivity index (χ3v) is 2.45. The van der Waals surface area contributed by atoms with E-state index in [0.29, 0.717) is 6.07 Å². The number of nitro groups is 2. The van der Waals surface area contributed by atoms with Crippen molar-refractivity contribution in [2.24, 2.45) is 0 Å².